The molecule has 0 aliphatic carbocycles. The summed E-state index contributed by atoms with van der Waals surface area (Å²) in [7, 11) is 1.63. The summed E-state index contributed by atoms with van der Waals surface area (Å²) in [4.78, 5) is 13.4. The Morgan fingerprint density at radius 1 is 1.50 bits per heavy atom. The topological polar surface area (TPSA) is 55.6 Å². The maximum absolute atomic E-state index is 11.7. The molecule has 0 fully saturated rings. The number of methoxy groups -OCH3 is 1. The molecule has 4 nitrogen and oxygen atoms in total. The highest BCUT2D eigenvalue weighted by Crippen LogP contribution is 2.23. The van der Waals surface area contributed by atoms with Gasteiger partial charge in [-0.15, -0.1) is 12.4 Å². The van der Waals surface area contributed by atoms with Crippen molar-refractivity contribution in [3.8, 4) is 5.75 Å². The third kappa shape index (κ3) is 3.89. The summed E-state index contributed by atoms with van der Waals surface area (Å²) < 4.78 is 5.18. The molecule has 1 unspecified atom stereocenters. The lowest BCUT2D eigenvalue weighted by Crippen LogP contribution is -2.37. The van der Waals surface area contributed by atoms with Crippen molar-refractivity contribution in [3.05, 3.63) is 29.8 Å². The molecule has 0 aliphatic rings. The van der Waals surface area contributed by atoms with Crippen molar-refractivity contribution >= 4 is 18.3 Å². The van der Waals surface area contributed by atoms with Gasteiger partial charge in [0.25, 0.3) is 0 Å². The van der Waals surface area contributed by atoms with Gasteiger partial charge in [0.2, 0.25) is 5.91 Å². The first-order chi connectivity index (χ1) is 8.13. The summed E-state index contributed by atoms with van der Waals surface area (Å²) in [5, 5.41) is 0. The lowest BCUT2D eigenvalue weighted by atomic mass is 10.1. The minimum absolute atomic E-state index is 0. The molecule has 1 aromatic carbocycles. The van der Waals surface area contributed by atoms with Gasteiger partial charge in [0.05, 0.1) is 19.7 Å². The van der Waals surface area contributed by atoms with Crippen molar-refractivity contribution in [3.63, 3.8) is 0 Å². The second-order valence-corrected chi connectivity index (χ2v) is 3.84. The van der Waals surface area contributed by atoms with Gasteiger partial charge in [0.15, 0.2) is 0 Å². The van der Waals surface area contributed by atoms with E-state index in [2.05, 4.69) is 0 Å². The number of nitrogens with zero attached hydrogens (tertiary/aromatic N) is 1. The summed E-state index contributed by atoms with van der Waals surface area (Å²) in [5.41, 5.74) is 6.45. The first-order valence-electron chi connectivity index (χ1n) is 5.77. The van der Waals surface area contributed by atoms with Crippen molar-refractivity contribution in [2.24, 2.45) is 5.73 Å². The van der Waals surface area contributed by atoms with Gasteiger partial charge in [-0.25, -0.2) is 0 Å². The molecule has 0 bridgehead atoms. The summed E-state index contributed by atoms with van der Waals surface area (Å²) in [6, 6.07) is 7.74. The van der Waals surface area contributed by atoms with Crippen LogP contribution in [-0.2, 0) is 4.79 Å². The zero-order chi connectivity index (χ0) is 12.8. The van der Waals surface area contributed by atoms with Crippen LogP contribution in [0, 0.1) is 0 Å². The lowest BCUT2D eigenvalue weighted by Gasteiger charge is -2.28. The molecule has 0 saturated carbocycles. The van der Waals surface area contributed by atoms with Crippen LogP contribution >= 0.6 is 12.4 Å². The molecule has 2 N–H and O–H groups in total. The Morgan fingerprint density at radius 3 is 2.67 bits per heavy atom. The molecular weight excluding hydrogens is 252 g/mol. The number of carbonyl (C=O) groups excluding carboxylic acids is 1. The van der Waals surface area contributed by atoms with Gasteiger partial charge in [0.1, 0.15) is 5.75 Å². The Hall–Kier alpha value is -1.26. The fraction of sp³-hybridized carbons (Fsp3) is 0.462. The van der Waals surface area contributed by atoms with Crippen molar-refractivity contribution in [2.75, 3.05) is 20.2 Å². The Bertz CT molecular complexity index is 385. The number of amides is 1. The third-order valence-corrected chi connectivity index (χ3v) is 2.88. The number of benzene rings is 1. The van der Waals surface area contributed by atoms with Crippen molar-refractivity contribution in [2.45, 2.75) is 19.9 Å². The second-order valence-electron chi connectivity index (χ2n) is 3.84. The van der Waals surface area contributed by atoms with Crippen LogP contribution in [0.25, 0.3) is 0 Å². The largest absolute Gasteiger partial charge is 0.497 e. The highest BCUT2D eigenvalue weighted by molar-refractivity contribution is 5.85. The smallest absolute Gasteiger partial charge is 0.236 e. The molecule has 0 saturated heterocycles. The molecule has 1 amide bonds. The van der Waals surface area contributed by atoms with Crippen molar-refractivity contribution in [1.82, 2.24) is 4.90 Å². The Balaban J connectivity index is 0.00000289. The number of carbonyl (C=O) groups is 1. The van der Waals surface area contributed by atoms with Gasteiger partial charge in [-0.2, -0.15) is 0 Å². The number of rotatable bonds is 5. The number of ether oxygens (including phenoxy) is 1. The van der Waals surface area contributed by atoms with Crippen molar-refractivity contribution < 1.29 is 9.53 Å². The van der Waals surface area contributed by atoms with Crippen LogP contribution in [0.15, 0.2) is 24.3 Å². The molecule has 0 radical (unpaired) electrons. The number of hydrogen-bond acceptors (Lipinski definition) is 3. The minimum Gasteiger partial charge on any atom is -0.497 e. The van der Waals surface area contributed by atoms with Crippen LogP contribution < -0.4 is 10.5 Å². The van der Waals surface area contributed by atoms with Crippen LogP contribution in [0.2, 0.25) is 0 Å². The average Bonchev–Trinajstić information content (AvgIpc) is 2.39. The van der Waals surface area contributed by atoms with Crippen LogP contribution in [0.4, 0.5) is 0 Å². The van der Waals surface area contributed by atoms with Gasteiger partial charge in [-0.05, 0) is 31.5 Å². The maximum Gasteiger partial charge on any atom is 0.236 e. The predicted octanol–water partition coefficient (Wildman–Crippen LogP) is 1.99. The molecule has 0 aromatic heterocycles. The molecule has 1 rings (SSSR count). The Labute approximate surface area is 115 Å². The highest BCUT2D eigenvalue weighted by atomic mass is 35.5. The zero-order valence-corrected chi connectivity index (χ0v) is 11.9. The molecule has 1 atom stereocenters. The van der Waals surface area contributed by atoms with E-state index in [4.69, 9.17) is 10.5 Å². The molecule has 0 spiro atoms. The summed E-state index contributed by atoms with van der Waals surface area (Å²) in [5.74, 6) is 0.758. The lowest BCUT2D eigenvalue weighted by molar-refractivity contribution is -0.131. The van der Waals surface area contributed by atoms with E-state index in [0.29, 0.717) is 6.54 Å². The predicted molar refractivity (Wildman–Crippen MR) is 75.1 cm³/mol. The van der Waals surface area contributed by atoms with Gasteiger partial charge in [-0.1, -0.05) is 12.1 Å². The van der Waals surface area contributed by atoms with Crippen molar-refractivity contribution in [1.29, 1.82) is 0 Å². The van der Waals surface area contributed by atoms with E-state index >= 15 is 0 Å². The quantitative estimate of drug-likeness (QED) is 0.892. The Kier molecular flexibility index (Phi) is 7.39. The minimum atomic E-state index is -0.0391. The van der Waals surface area contributed by atoms with E-state index in [1.54, 1.807) is 12.0 Å². The number of halogens is 1. The number of hydrogen-bond donors (Lipinski definition) is 1. The van der Waals surface area contributed by atoms with E-state index in [1.165, 1.54) is 0 Å². The SMILES string of the molecule is CCN(C(=O)CN)C(C)c1cccc(OC)c1.Cl. The first kappa shape index (κ1) is 16.7. The van der Waals surface area contributed by atoms with E-state index in [-0.39, 0.29) is 30.9 Å². The van der Waals surface area contributed by atoms with E-state index in [9.17, 15) is 4.79 Å². The maximum atomic E-state index is 11.7. The third-order valence-electron chi connectivity index (χ3n) is 2.88. The van der Waals surface area contributed by atoms with E-state index in [1.807, 2.05) is 38.1 Å². The fourth-order valence-corrected chi connectivity index (χ4v) is 1.86. The molecule has 18 heavy (non-hydrogen) atoms. The summed E-state index contributed by atoms with van der Waals surface area (Å²) >= 11 is 0. The molecule has 0 aliphatic heterocycles. The first-order valence-corrected chi connectivity index (χ1v) is 5.77. The highest BCUT2D eigenvalue weighted by Gasteiger charge is 2.18. The molecule has 1 aromatic rings. The van der Waals surface area contributed by atoms with Crippen LogP contribution in [0.5, 0.6) is 5.75 Å². The number of nitrogens with two attached hydrogens (primary N) is 1. The zero-order valence-electron chi connectivity index (χ0n) is 11.1. The molecular formula is C13H21ClN2O2. The average molecular weight is 273 g/mol. The number of likely N-dealkylation sites (N-methyl/N-ethyl adjacent to an activating group) is 1. The van der Waals surface area contributed by atoms with Gasteiger partial charge >= 0.3 is 0 Å². The van der Waals surface area contributed by atoms with Crippen LogP contribution in [-0.4, -0.2) is 31.0 Å². The van der Waals surface area contributed by atoms with Gasteiger partial charge in [-0.3, -0.25) is 4.79 Å². The second kappa shape index (κ2) is 7.95. The van der Waals surface area contributed by atoms with E-state index in [0.717, 1.165) is 11.3 Å². The molecule has 102 valence electrons. The Morgan fingerprint density at radius 2 is 2.17 bits per heavy atom. The van der Waals surface area contributed by atoms with E-state index < -0.39 is 0 Å². The van der Waals surface area contributed by atoms with Gasteiger partial charge in [0, 0.05) is 6.54 Å². The monoisotopic (exact) mass is 272 g/mol. The van der Waals surface area contributed by atoms with Crippen LogP contribution in [0.3, 0.4) is 0 Å². The summed E-state index contributed by atoms with van der Waals surface area (Å²) in [6.45, 7) is 4.63. The normalized spacial score (nSPS) is 11.3. The summed E-state index contributed by atoms with van der Waals surface area (Å²) in [6.07, 6.45) is 0. The standard InChI is InChI=1S/C13H20N2O2.ClH/c1-4-15(13(16)9-14)10(2)11-6-5-7-12(8-11)17-3;/h5-8,10H,4,9,14H2,1-3H3;1H. The van der Waals surface area contributed by atoms with Gasteiger partial charge < -0.3 is 15.4 Å². The molecule has 5 heteroatoms. The fourth-order valence-electron chi connectivity index (χ4n) is 1.86. The van der Waals surface area contributed by atoms with Crippen LogP contribution in [0.1, 0.15) is 25.5 Å². The molecule has 0 heterocycles.